The number of rotatable bonds is 4. The van der Waals surface area contributed by atoms with Gasteiger partial charge in [-0.05, 0) is 18.2 Å². The minimum atomic E-state index is -4.21. The average molecular weight is 273 g/mol. The van der Waals surface area contributed by atoms with Gasteiger partial charge in [0, 0.05) is 10.6 Å². The predicted octanol–water partition coefficient (Wildman–Crippen LogP) is 4.41. The summed E-state index contributed by atoms with van der Waals surface area (Å²) in [6.07, 6.45) is -5.20. The Bertz CT molecular complexity index is 352. The SMILES string of the molecule is FC(F)(F)CCOc1ccc(Cl)cc1CCl. The van der Waals surface area contributed by atoms with Crippen molar-refractivity contribution in [1.82, 2.24) is 0 Å². The first-order valence-electron chi connectivity index (χ1n) is 4.46. The van der Waals surface area contributed by atoms with Crippen LogP contribution in [0.3, 0.4) is 0 Å². The van der Waals surface area contributed by atoms with Crippen LogP contribution < -0.4 is 4.74 Å². The standard InChI is InChI=1S/C10H9Cl2F3O/c11-6-7-5-8(12)1-2-9(7)16-4-3-10(13,14)15/h1-2,5H,3-4,6H2. The smallest absolute Gasteiger partial charge is 0.392 e. The Labute approximate surface area is 101 Å². The molecule has 0 N–H and O–H groups in total. The normalized spacial score (nSPS) is 11.6. The fourth-order valence-corrected chi connectivity index (χ4v) is 1.47. The Balaban J connectivity index is 2.60. The Morgan fingerprint density at radius 1 is 1.25 bits per heavy atom. The molecule has 0 radical (unpaired) electrons. The van der Waals surface area contributed by atoms with E-state index in [1.807, 2.05) is 0 Å². The lowest BCUT2D eigenvalue weighted by atomic mass is 10.2. The largest absolute Gasteiger partial charge is 0.493 e. The van der Waals surface area contributed by atoms with Crippen LogP contribution >= 0.6 is 23.2 Å². The molecule has 90 valence electrons. The number of hydrogen-bond donors (Lipinski definition) is 0. The third-order valence-electron chi connectivity index (χ3n) is 1.81. The monoisotopic (exact) mass is 272 g/mol. The lowest BCUT2D eigenvalue weighted by molar-refractivity contribution is -0.139. The molecule has 1 aromatic rings. The molecule has 0 aromatic heterocycles. The van der Waals surface area contributed by atoms with E-state index in [0.717, 1.165) is 0 Å². The maximum atomic E-state index is 11.9. The second-order valence-electron chi connectivity index (χ2n) is 3.10. The first-order chi connectivity index (χ1) is 7.42. The van der Waals surface area contributed by atoms with Crippen LogP contribution in [0.1, 0.15) is 12.0 Å². The summed E-state index contributed by atoms with van der Waals surface area (Å²) in [6, 6.07) is 4.62. The van der Waals surface area contributed by atoms with Gasteiger partial charge in [-0.2, -0.15) is 13.2 Å². The van der Waals surface area contributed by atoms with Crippen molar-refractivity contribution in [2.75, 3.05) is 6.61 Å². The highest BCUT2D eigenvalue weighted by molar-refractivity contribution is 6.30. The zero-order valence-corrected chi connectivity index (χ0v) is 9.66. The molecule has 0 atom stereocenters. The van der Waals surface area contributed by atoms with E-state index >= 15 is 0 Å². The van der Waals surface area contributed by atoms with Crippen molar-refractivity contribution in [2.24, 2.45) is 0 Å². The van der Waals surface area contributed by atoms with Crippen LogP contribution in [0.5, 0.6) is 5.75 Å². The van der Waals surface area contributed by atoms with Crippen LogP contribution in [0, 0.1) is 0 Å². The Morgan fingerprint density at radius 2 is 1.94 bits per heavy atom. The minimum Gasteiger partial charge on any atom is -0.493 e. The molecule has 0 saturated carbocycles. The molecule has 1 rings (SSSR count). The molecule has 0 fully saturated rings. The van der Waals surface area contributed by atoms with Gasteiger partial charge in [-0.1, -0.05) is 11.6 Å². The lowest BCUT2D eigenvalue weighted by Gasteiger charge is -2.11. The summed E-state index contributed by atoms with van der Waals surface area (Å²) in [5.41, 5.74) is 0.580. The Morgan fingerprint density at radius 3 is 2.50 bits per heavy atom. The molecule has 1 aromatic carbocycles. The molecule has 0 aliphatic rings. The van der Waals surface area contributed by atoms with Crippen LogP contribution in [0.25, 0.3) is 0 Å². The molecule has 0 unspecified atom stereocenters. The summed E-state index contributed by atoms with van der Waals surface area (Å²) < 4.78 is 40.6. The van der Waals surface area contributed by atoms with E-state index in [1.165, 1.54) is 6.07 Å². The molecule has 0 bridgehead atoms. The van der Waals surface area contributed by atoms with Gasteiger partial charge < -0.3 is 4.74 Å². The van der Waals surface area contributed by atoms with E-state index in [2.05, 4.69) is 0 Å². The van der Waals surface area contributed by atoms with Gasteiger partial charge in [0.2, 0.25) is 0 Å². The Kier molecular flexibility index (Phi) is 4.74. The zero-order chi connectivity index (χ0) is 12.2. The van der Waals surface area contributed by atoms with Crippen LogP contribution in [0.2, 0.25) is 5.02 Å². The summed E-state index contributed by atoms with van der Waals surface area (Å²) in [5, 5.41) is 0.471. The van der Waals surface area contributed by atoms with E-state index in [-0.39, 0.29) is 5.88 Å². The van der Waals surface area contributed by atoms with Gasteiger partial charge in [-0.3, -0.25) is 0 Å². The van der Waals surface area contributed by atoms with Crippen molar-refractivity contribution in [2.45, 2.75) is 18.5 Å². The zero-order valence-electron chi connectivity index (χ0n) is 8.15. The number of alkyl halides is 4. The van der Waals surface area contributed by atoms with Gasteiger partial charge in [-0.25, -0.2) is 0 Å². The molecular weight excluding hydrogens is 264 g/mol. The summed E-state index contributed by atoms with van der Waals surface area (Å²) in [4.78, 5) is 0. The topological polar surface area (TPSA) is 9.23 Å². The first-order valence-corrected chi connectivity index (χ1v) is 5.37. The van der Waals surface area contributed by atoms with Gasteiger partial charge in [0.05, 0.1) is 18.9 Å². The van der Waals surface area contributed by atoms with E-state index in [1.54, 1.807) is 12.1 Å². The van der Waals surface area contributed by atoms with Gasteiger partial charge in [-0.15, -0.1) is 11.6 Å². The van der Waals surface area contributed by atoms with Crippen molar-refractivity contribution < 1.29 is 17.9 Å². The summed E-state index contributed by atoms with van der Waals surface area (Å²) in [5.74, 6) is 0.477. The molecule has 0 saturated heterocycles. The highest BCUT2D eigenvalue weighted by Gasteiger charge is 2.26. The van der Waals surface area contributed by atoms with Crippen LogP contribution in [-0.2, 0) is 5.88 Å². The van der Waals surface area contributed by atoms with Crippen LogP contribution in [0.4, 0.5) is 13.2 Å². The van der Waals surface area contributed by atoms with Gasteiger partial charge >= 0.3 is 6.18 Å². The molecule has 0 heterocycles. The van der Waals surface area contributed by atoms with Gasteiger partial charge in [0.1, 0.15) is 5.75 Å². The lowest BCUT2D eigenvalue weighted by Crippen LogP contribution is -2.13. The second-order valence-corrected chi connectivity index (χ2v) is 3.80. The third-order valence-corrected chi connectivity index (χ3v) is 2.33. The van der Waals surface area contributed by atoms with Crippen molar-refractivity contribution in [3.05, 3.63) is 28.8 Å². The van der Waals surface area contributed by atoms with Crippen LogP contribution in [-0.4, -0.2) is 12.8 Å². The summed E-state index contributed by atoms with van der Waals surface area (Å²) in [7, 11) is 0. The van der Waals surface area contributed by atoms with E-state index in [9.17, 15) is 13.2 Å². The van der Waals surface area contributed by atoms with Crippen molar-refractivity contribution in [3.63, 3.8) is 0 Å². The molecule has 0 aliphatic carbocycles. The number of halogens is 5. The first kappa shape index (κ1) is 13.5. The fraction of sp³-hybridized carbons (Fsp3) is 0.400. The predicted molar refractivity (Wildman–Crippen MR) is 57.2 cm³/mol. The number of ether oxygens (including phenoxy) is 1. The number of benzene rings is 1. The van der Waals surface area contributed by atoms with Crippen molar-refractivity contribution >= 4 is 23.2 Å². The quantitative estimate of drug-likeness (QED) is 0.738. The molecule has 0 spiro atoms. The van der Waals surface area contributed by atoms with Gasteiger partial charge in [0.15, 0.2) is 0 Å². The number of hydrogen-bond acceptors (Lipinski definition) is 1. The molecular formula is C10H9Cl2F3O. The second kappa shape index (κ2) is 5.64. The fourth-order valence-electron chi connectivity index (χ4n) is 1.07. The highest BCUT2D eigenvalue weighted by atomic mass is 35.5. The minimum absolute atomic E-state index is 0.141. The molecule has 6 heteroatoms. The average Bonchev–Trinajstić information content (AvgIpc) is 2.18. The summed E-state index contributed by atoms with van der Waals surface area (Å²) in [6.45, 7) is -0.422. The maximum absolute atomic E-state index is 11.9. The maximum Gasteiger partial charge on any atom is 0.392 e. The molecule has 0 aliphatic heterocycles. The van der Waals surface area contributed by atoms with Crippen LogP contribution in [0.15, 0.2) is 18.2 Å². The van der Waals surface area contributed by atoms with E-state index in [0.29, 0.717) is 16.3 Å². The summed E-state index contributed by atoms with van der Waals surface area (Å²) >= 11 is 11.3. The molecule has 16 heavy (non-hydrogen) atoms. The molecule has 0 amide bonds. The molecule has 1 nitrogen and oxygen atoms in total. The van der Waals surface area contributed by atoms with Crippen molar-refractivity contribution in [1.29, 1.82) is 0 Å². The Hall–Kier alpha value is -0.610. The van der Waals surface area contributed by atoms with E-state index < -0.39 is 19.2 Å². The third kappa shape index (κ3) is 4.49. The van der Waals surface area contributed by atoms with Gasteiger partial charge in [0.25, 0.3) is 0 Å². The van der Waals surface area contributed by atoms with Crippen molar-refractivity contribution in [3.8, 4) is 5.75 Å². The highest BCUT2D eigenvalue weighted by Crippen LogP contribution is 2.26. The van der Waals surface area contributed by atoms with E-state index in [4.69, 9.17) is 27.9 Å².